The molecule has 2 aliphatic rings. The largest absolute Gasteiger partial charge is 0.484 e. The van der Waals surface area contributed by atoms with Crippen LogP contribution in [-0.4, -0.2) is 30.1 Å². The van der Waals surface area contributed by atoms with E-state index in [1.54, 1.807) is 19.1 Å². The number of hydrogen-bond donors (Lipinski definition) is 2. The van der Waals surface area contributed by atoms with Crippen LogP contribution in [0.2, 0.25) is 0 Å². The Morgan fingerprint density at radius 3 is 2.43 bits per heavy atom. The molecule has 0 aromatic heterocycles. The van der Waals surface area contributed by atoms with Crippen molar-refractivity contribution in [3.63, 3.8) is 0 Å². The van der Waals surface area contributed by atoms with Crippen LogP contribution in [-0.2, 0) is 4.79 Å². The summed E-state index contributed by atoms with van der Waals surface area (Å²) in [5.74, 6) is -0.724. The molecule has 3 N–H and O–H groups in total. The highest BCUT2D eigenvalue weighted by molar-refractivity contribution is 5.95. The van der Waals surface area contributed by atoms with Crippen molar-refractivity contribution in [2.24, 2.45) is 11.1 Å². The molecule has 0 heterocycles. The summed E-state index contributed by atoms with van der Waals surface area (Å²) in [7, 11) is 0. The Balaban J connectivity index is 1.81. The summed E-state index contributed by atoms with van der Waals surface area (Å²) in [6.07, 6.45) is -0.965. The highest BCUT2D eigenvalue weighted by Crippen LogP contribution is 2.55. The van der Waals surface area contributed by atoms with Crippen LogP contribution in [0.15, 0.2) is 18.2 Å². The summed E-state index contributed by atoms with van der Waals surface area (Å²) in [4.78, 5) is 24.3. The lowest BCUT2D eigenvalue weighted by Gasteiger charge is -2.36. The fraction of sp³-hybridized carbons (Fsp3) is 0.600. The first kappa shape index (κ1) is 20.5. The van der Waals surface area contributed by atoms with Crippen molar-refractivity contribution < 1.29 is 27.5 Å². The molecule has 5 nitrogen and oxygen atoms in total. The zero-order valence-electron chi connectivity index (χ0n) is 16.0. The average Bonchev–Trinajstić information content (AvgIpc) is 3.47. The van der Waals surface area contributed by atoms with E-state index in [0.29, 0.717) is 5.56 Å². The van der Waals surface area contributed by atoms with Crippen LogP contribution in [0.4, 0.5) is 13.2 Å². The summed E-state index contributed by atoms with van der Waals surface area (Å²) in [6, 6.07) is 4.60. The van der Waals surface area contributed by atoms with Crippen molar-refractivity contribution in [2.45, 2.75) is 63.6 Å². The maximum atomic E-state index is 12.8. The predicted octanol–water partition coefficient (Wildman–Crippen LogP) is 3.67. The second-order valence-corrected chi connectivity index (χ2v) is 8.42. The first-order valence-corrected chi connectivity index (χ1v) is 9.37. The summed E-state index contributed by atoms with van der Waals surface area (Å²) in [6.45, 7) is 2.35. The molecule has 154 valence electrons. The number of benzene rings is 1. The van der Waals surface area contributed by atoms with Gasteiger partial charge in [-0.25, -0.2) is 0 Å². The van der Waals surface area contributed by atoms with E-state index in [0.717, 1.165) is 25.7 Å². The number of primary amides is 1. The molecule has 3 rings (SSSR count). The van der Waals surface area contributed by atoms with Crippen molar-refractivity contribution in [2.75, 3.05) is 6.61 Å². The van der Waals surface area contributed by atoms with Crippen LogP contribution in [0.1, 0.15) is 67.8 Å². The molecule has 8 heteroatoms. The molecule has 2 aliphatic carbocycles. The van der Waals surface area contributed by atoms with E-state index in [1.807, 2.05) is 6.92 Å². The lowest BCUT2D eigenvalue weighted by atomic mass is 9.80. The Morgan fingerprint density at radius 2 is 1.93 bits per heavy atom. The van der Waals surface area contributed by atoms with E-state index in [2.05, 4.69) is 5.32 Å². The van der Waals surface area contributed by atoms with Gasteiger partial charge in [0.05, 0.1) is 5.54 Å². The molecule has 1 unspecified atom stereocenters. The van der Waals surface area contributed by atoms with Gasteiger partial charge in [0.15, 0.2) is 6.61 Å². The van der Waals surface area contributed by atoms with Crippen LogP contribution in [0.5, 0.6) is 5.75 Å². The van der Waals surface area contributed by atoms with E-state index >= 15 is 0 Å². The quantitative estimate of drug-likeness (QED) is 0.701. The van der Waals surface area contributed by atoms with Gasteiger partial charge in [0.1, 0.15) is 5.75 Å². The third-order valence-corrected chi connectivity index (χ3v) is 5.93. The molecule has 2 fully saturated rings. The second kappa shape index (κ2) is 6.97. The van der Waals surface area contributed by atoms with Gasteiger partial charge in [0.2, 0.25) is 5.91 Å². The molecule has 0 bridgehead atoms. The first-order chi connectivity index (χ1) is 12.9. The second-order valence-electron chi connectivity index (χ2n) is 8.42. The summed E-state index contributed by atoms with van der Waals surface area (Å²) >= 11 is 0. The molecular weight excluding hydrogens is 373 g/mol. The standard InChI is InChI=1S/C20H25F3N2O3/c1-18(7-8-18)19(2,10-16(24)26)25-17(27)13-5-6-14(12-3-4-12)15(9-13)28-11-20(21,22)23/h5-6,9,12H,3-4,7-8,10-11H2,1-2H3,(H2,24,26)(H,25,27). The number of alkyl halides is 3. The molecule has 1 aromatic carbocycles. The number of nitrogens with two attached hydrogens (primary N) is 1. The number of carbonyl (C=O) groups is 2. The summed E-state index contributed by atoms with van der Waals surface area (Å²) < 4.78 is 42.7. The van der Waals surface area contributed by atoms with E-state index in [9.17, 15) is 22.8 Å². The smallest absolute Gasteiger partial charge is 0.422 e. The van der Waals surface area contributed by atoms with Crippen molar-refractivity contribution in [3.05, 3.63) is 29.3 Å². The van der Waals surface area contributed by atoms with Gasteiger partial charge in [-0.2, -0.15) is 13.2 Å². The van der Waals surface area contributed by atoms with Gasteiger partial charge in [-0.15, -0.1) is 0 Å². The van der Waals surface area contributed by atoms with Gasteiger partial charge < -0.3 is 15.8 Å². The lowest BCUT2D eigenvalue weighted by molar-refractivity contribution is -0.153. The van der Waals surface area contributed by atoms with E-state index in [4.69, 9.17) is 10.5 Å². The van der Waals surface area contributed by atoms with Crippen LogP contribution < -0.4 is 15.8 Å². The number of ether oxygens (including phenoxy) is 1. The Kier molecular flexibility index (Phi) is 5.10. The Morgan fingerprint density at radius 1 is 1.29 bits per heavy atom. The van der Waals surface area contributed by atoms with E-state index in [1.165, 1.54) is 6.07 Å². The number of halogens is 3. The number of hydrogen-bond acceptors (Lipinski definition) is 3. The van der Waals surface area contributed by atoms with Crippen LogP contribution in [0.3, 0.4) is 0 Å². The lowest BCUT2D eigenvalue weighted by Crippen LogP contribution is -2.54. The fourth-order valence-corrected chi connectivity index (χ4v) is 3.51. The predicted molar refractivity (Wildman–Crippen MR) is 97.0 cm³/mol. The zero-order valence-corrected chi connectivity index (χ0v) is 16.0. The maximum absolute atomic E-state index is 12.8. The third kappa shape index (κ3) is 4.59. The molecule has 0 radical (unpaired) electrons. The van der Waals surface area contributed by atoms with Crippen LogP contribution >= 0.6 is 0 Å². The van der Waals surface area contributed by atoms with Gasteiger partial charge in [-0.1, -0.05) is 13.0 Å². The first-order valence-electron chi connectivity index (χ1n) is 9.37. The Labute approximate surface area is 161 Å². The SMILES string of the molecule is CC1(C(C)(CC(N)=O)NC(=O)c2ccc(C3CC3)c(OCC(F)(F)F)c2)CC1. The fourth-order valence-electron chi connectivity index (χ4n) is 3.51. The third-order valence-electron chi connectivity index (χ3n) is 5.93. The highest BCUT2D eigenvalue weighted by Gasteiger charge is 2.54. The number of amides is 2. The van der Waals surface area contributed by atoms with E-state index in [-0.39, 0.29) is 29.1 Å². The van der Waals surface area contributed by atoms with Crippen LogP contribution in [0, 0.1) is 5.41 Å². The molecule has 1 atom stereocenters. The molecule has 2 saturated carbocycles. The summed E-state index contributed by atoms with van der Waals surface area (Å²) in [5.41, 5.74) is 5.19. The van der Waals surface area contributed by atoms with Crippen LogP contribution in [0.25, 0.3) is 0 Å². The highest BCUT2D eigenvalue weighted by atomic mass is 19.4. The molecule has 2 amide bonds. The van der Waals surface area contributed by atoms with Gasteiger partial charge in [-0.3, -0.25) is 9.59 Å². The maximum Gasteiger partial charge on any atom is 0.422 e. The zero-order chi connectivity index (χ0) is 20.7. The van der Waals surface area contributed by atoms with Crippen molar-refractivity contribution in [1.82, 2.24) is 5.32 Å². The number of carbonyl (C=O) groups excluding carboxylic acids is 2. The molecule has 1 aromatic rings. The Bertz CT molecular complexity index is 785. The molecular formula is C20H25F3N2O3. The molecule has 0 aliphatic heterocycles. The van der Waals surface area contributed by atoms with Gasteiger partial charge in [0.25, 0.3) is 5.91 Å². The van der Waals surface area contributed by atoms with Gasteiger partial charge in [0, 0.05) is 12.0 Å². The molecule has 0 saturated heterocycles. The molecule has 28 heavy (non-hydrogen) atoms. The topological polar surface area (TPSA) is 81.4 Å². The average molecular weight is 398 g/mol. The monoisotopic (exact) mass is 398 g/mol. The Hall–Kier alpha value is -2.25. The minimum atomic E-state index is -4.46. The van der Waals surface area contributed by atoms with Gasteiger partial charge >= 0.3 is 6.18 Å². The van der Waals surface area contributed by atoms with Crippen molar-refractivity contribution in [1.29, 1.82) is 0 Å². The normalized spacial score (nSPS) is 20.2. The minimum absolute atomic E-state index is 0.00711. The number of nitrogens with one attached hydrogen (secondary N) is 1. The van der Waals surface area contributed by atoms with Crippen molar-refractivity contribution >= 4 is 11.8 Å². The minimum Gasteiger partial charge on any atom is -0.484 e. The molecule has 0 spiro atoms. The summed E-state index contributed by atoms with van der Waals surface area (Å²) in [5, 5.41) is 2.89. The van der Waals surface area contributed by atoms with Crippen molar-refractivity contribution in [3.8, 4) is 5.75 Å². The number of rotatable bonds is 8. The van der Waals surface area contributed by atoms with Gasteiger partial charge in [-0.05, 0) is 61.6 Å². The van der Waals surface area contributed by atoms with E-state index < -0.39 is 30.1 Å².